The lowest BCUT2D eigenvalue weighted by Gasteiger charge is -1.94. The Hall–Kier alpha value is -0.865. The van der Waals surface area contributed by atoms with Gasteiger partial charge in [0.25, 0.3) is 0 Å². The molecule has 0 heterocycles. The molecule has 0 fully saturated rings. The maximum Gasteiger partial charge on any atom is 0.488 e. The smallest absolute Gasteiger partial charge is 0.423 e. The van der Waals surface area contributed by atoms with Crippen molar-refractivity contribution >= 4 is 12.6 Å². The van der Waals surface area contributed by atoms with Gasteiger partial charge in [0.2, 0.25) is 0 Å². The molecular formula is C7H10BFO2. The third-order valence-corrected chi connectivity index (χ3v) is 1.10. The number of halogens is 1. The van der Waals surface area contributed by atoms with E-state index in [0.717, 1.165) is 0 Å². The molecule has 4 heteroatoms. The topological polar surface area (TPSA) is 40.5 Å². The van der Waals surface area contributed by atoms with E-state index < -0.39 is 7.12 Å². The quantitative estimate of drug-likeness (QED) is 0.559. The normalized spacial score (nSPS) is 8.00. The van der Waals surface area contributed by atoms with Crippen LogP contribution in [0.5, 0.6) is 0 Å². The van der Waals surface area contributed by atoms with Crippen molar-refractivity contribution in [3.05, 3.63) is 30.3 Å². The number of alkyl halides is 1. The first kappa shape index (κ1) is 10.1. The first-order chi connectivity index (χ1) is 5.30. The predicted molar refractivity (Wildman–Crippen MR) is 43.3 cm³/mol. The van der Waals surface area contributed by atoms with E-state index in [1.54, 1.807) is 24.3 Å². The molecule has 0 aliphatic rings. The van der Waals surface area contributed by atoms with Crippen LogP contribution in [0.25, 0.3) is 0 Å². The Morgan fingerprint density at radius 3 is 1.82 bits per heavy atom. The highest BCUT2D eigenvalue weighted by molar-refractivity contribution is 6.58. The van der Waals surface area contributed by atoms with Crippen molar-refractivity contribution < 1.29 is 14.4 Å². The van der Waals surface area contributed by atoms with E-state index in [0.29, 0.717) is 12.6 Å². The van der Waals surface area contributed by atoms with Crippen LogP contribution in [0.3, 0.4) is 0 Å². The van der Waals surface area contributed by atoms with Crippen molar-refractivity contribution in [1.82, 2.24) is 0 Å². The first-order valence-electron chi connectivity index (χ1n) is 3.09. The fourth-order valence-corrected chi connectivity index (χ4v) is 0.625. The summed E-state index contributed by atoms with van der Waals surface area (Å²) >= 11 is 0. The van der Waals surface area contributed by atoms with Crippen LogP contribution in [0.1, 0.15) is 0 Å². The zero-order chi connectivity index (χ0) is 8.69. The Morgan fingerprint density at radius 2 is 1.55 bits per heavy atom. The molecule has 0 spiro atoms. The molecule has 0 saturated carbocycles. The summed E-state index contributed by atoms with van der Waals surface area (Å²) in [5.41, 5.74) is 0.525. The molecule has 0 unspecified atom stereocenters. The Kier molecular flexibility index (Phi) is 5.42. The van der Waals surface area contributed by atoms with Crippen molar-refractivity contribution in [2.75, 3.05) is 7.18 Å². The van der Waals surface area contributed by atoms with Gasteiger partial charge in [-0.25, -0.2) is 0 Å². The SMILES string of the molecule is CF.OB(O)c1ccccc1. The maximum absolute atomic E-state index is 9.50. The molecule has 60 valence electrons. The van der Waals surface area contributed by atoms with E-state index in [1.807, 2.05) is 6.07 Å². The maximum atomic E-state index is 9.50. The van der Waals surface area contributed by atoms with Gasteiger partial charge in [-0.15, -0.1) is 0 Å². The molecule has 0 atom stereocenters. The highest BCUT2D eigenvalue weighted by atomic mass is 19.1. The van der Waals surface area contributed by atoms with E-state index in [2.05, 4.69) is 0 Å². The predicted octanol–water partition coefficient (Wildman–Crippen LogP) is -0.0479. The second-order valence-electron chi connectivity index (χ2n) is 1.78. The molecule has 0 aromatic heterocycles. The third-order valence-electron chi connectivity index (χ3n) is 1.10. The number of hydrogen-bond acceptors (Lipinski definition) is 2. The molecule has 2 N–H and O–H groups in total. The monoisotopic (exact) mass is 156 g/mol. The standard InChI is InChI=1S/C6H7BO2.CH3F/c8-7(9)6-4-2-1-3-5-6;1-2/h1-5,8-9H;1H3. The molecule has 0 radical (unpaired) electrons. The summed E-state index contributed by atoms with van der Waals surface area (Å²) in [6.07, 6.45) is 0. The molecule has 1 aromatic rings. The lowest BCUT2D eigenvalue weighted by atomic mass is 9.81. The molecule has 0 aliphatic heterocycles. The van der Waals surface area contributed by atoms with Crippen LogP contribution in [0.2, 0.25) is 0 Å². The largest absolute Gasteiger partial charge is 0.488 e. The summed E-state index contributed by atoms with van der Waals surface area (Å²) < 4.78 is 9.50. The summed E-state index contributed by atoms with van der Waals surface area (Å²) in [7, 11) is -0.841. The minimum atomic E-state index is -1.34. The summed E-state index contributed by atoms with van der Waals surface area (Å²) in [6, 6.07) is 8.66. The molecule has 0 aliphatic carbocycles. The fraction of sp³-hybridized carbons (Fsp3) is 0.143. The number of rotatable bonds is 1. The van der Waals surface area contributed by atoms with Crippen LogP contribution >= 0.6 is 0 Å². The van der Waals surface area contributed by atoms with Gasteiger partial charge in [-0.3, -0.25) is 4.39 Å². The van der Waals surface area contributed by atoms with Crippen LogP contribution < -0.4 is 5.46 Å². The fourth-order valence-electron chi connectivity index (χ4n) is 0.625. The van der Waals surface area contributed by atoms with E-state index in [9.17, 15) is 4.39 Å². The highest BCUT2D eigenvalue weighted by Gasteiger charge is 2.07. The second-order valence-corrected chi connectivity index (χ2v) is 1.78. The Labute approximate surface area is 65.4 Å². The average Bonchev–Trinajstić information content (AvgIpc) is 2.10. The van der Waals surface area contributed by atoms with Crippen LogP contribution in [0, 0.1) is 0 Å². The van der Waals surface area contributed by atoms with Gasteiger partial charge in [0.15, 0.2) is 0 Å². The minimum absolute atomic E-state index is 0.500. The van der Waals surface area contributed by atoms with Gasteiger partial charge in [0, 0.05) is 0 Å². The van der Waals surface area contributed by atoms with Crippen LogP contribution in [0.15, 0.2) is 30.3 Å². The van der Waals surface area contributed by atoms with Crippen molar-refractivity contribution in [2.24, 2.45) is 0 Å². The van der Waals surface area contributed by atoms with E-state index in [1.165, 1.54) is 0 Å². The Balaban J connectivity index is 0.000000461. The van der Waals surface area contributed by atoms with Crippen molar-refractivity contribution in [3.8, 4) is 0 Å². The average molecular weight is 156 g/mol. The van der Waals surface area contributed by atoms with Gasteiger partial charge in [0.05, 0.1) is 7.18 Å². The van der Waals surface area contributed by atoms with Crippen molar-refractivity contribution in [1.29, 1.82) is 0 Å². The van der Waals surface area contributed by atoms with Gasteiger partial charge >= 0.3 is 7.12 Å². The van der Waals surface area contributed by atoms with E-state index >= 15 is 0 Å². The first-order valence-corrected chi connectivity index (χ1v) is 3.09. The van der Waals surface area contributed by atoms with Crippen molar-refractivity contribution in [2.45, 2.75) is 0 Å². The second kappa shape index (κ2) is 5.89. The molecule has 11 heavy (non-hydrogen) atoms. The molecule has 1 aromatic carbocycles. The van der Waals surface area contributed by atoms with Gasteiger partial charge in [-0.1, -0.05) is 30.3 Å². The Bertz CT molecular complexity index is 179. The van der Waals surface area contributed by atoms with Crippen LogP contribution in [-0.4, -0.2) is 24.3 Å². The van der Waals surface area contributed by atoms with E-state index in [4.69, 9.17) is 10.0 Å². The molecular weight excluding hydrogens is 146 g/mol. The summed E-state index contributed by atoms with van der Waals surface area (Å²) in [4.78, 5) is 0. The van der Waals surface area contributed by atoms with Crippen molar-refractivity contribution in [3.63, 3.8) is 0 Å². The summed E-state index contributed by atoms with van der Waals surface area (Å²) in [5.74, 6) is 0. The van der Waals surface area contributed by atoms with E-state index in [-0.39, 0.29) is 0 Å². The lowest BCUT2D eigenvalue weighted by molar-refractivity contribution is 0.426. The van der Waals surface area contributed by atoms with Gasteiger partial charge in [0.1, 0.15) is 0 Å². The number of hydrogen-bond donors (Lipinski definition) is 2. The zero-order valence-corrected chi connectivity index (χ0v) is 6.24. The molecule has 2 nitrogen and oxygen atoms in total. The molecule has 0 bridgehead atoms. The number of benzene rings is 1. The summed E-state index contributed by atoms with van der Waals surface area (Å²) in [5, 5.41) is 17.2. The highest BCUT2D eigenvalue weighted by Crippen LogP contribution is 1.82. The van der Waals surface area contributed by atoms with Crippen LogP contribution in [0.4, 0.5) is 4.39 Å². The minimum Gasteiger partial charge on any atom is -0.423 e. The zero-order valence-electron chi connectivity index (χ0n) is 6.24. The third kappa shape index (κ3) is 3.75. The summed E-state index contributed by atoms with van der Waals surface area (Å²) in [6.45, 7) is 0. The Morgan fingerprint density at radius 1 is 1.09 bits per heavy atom. The molecule has 1 rings (SSSR count). The van der Waals surface area contributed by atoms with Gasteiger partial charge in [-0.05, 0) is 5.46 Å². The lowest BCUT2D eigenvalue weighted by Crippen LogP contribution is -2.29. The van der Waals surface area contributed by atoms with Gasteiger partial charge < -0.3 is 10.0 Å². The van der Waals surface area contributed by atoms with Crippen LogP contribution in [-0.2, 0) is 0 Å². The molecule has 0 amide bonds. The van der Waals surface area contributed by atoms with Gasteiger partial charge in [-0.2, -0.15) is 0 Å². The molecule has 0 saturated heterocycles.